The van der Waals surface area contributed by atoms with E-state index >= 15 is 0 Å². The van der Waals surface area contributed by atoms with E-state index in [0.717, 1.165) is 11.1 Å². The van der Waals surface area contributed by atoms with Crippen LogP contribution in [0.5, 0.6) is 5.75 Å². The molecule has 2 atom stereocenters. The van der Waals surface area contributed by atoms with Gasteiger partial charge in [0.25, 0.3) is 0 Å². The molecule has 34 heavy (non-hydrogen) atoms. The molecule has 0 heterocycles. The Morgan fingerprint density at radius 1 is 1.00 bits per heavy atom. The highest BCUT2D eigenvalue weighted by Crippen LogP contribution is 2.27. The highest BCUT2D eigenvalue weighted by molar-refractivity contribution is 7.89. The number of rotatable bonds is 10. The van der Waals surface area contributed by atoms with E-state index in [4.69, 9.17) is 27.9 Å². The van der Waals surface area contributed by atoms with Crippen LogP contribution >= 0.6 is 23.2 Å². The summed E-state index contributed by atoms with van der Waals surface area (Å²) in [6, 6.07) is 19.1. The molecule has 0 fully saturated rings. The Kier molecular flexibility index (Phi) is 8.97. The molecule has 6 nitrogen and oxygen atoms in total. The fourth-order valence-electron chi connectivity index (χ4n) is 3.36. The monoisotopic (exact) mass is 520 g/mol. The van der Waals surface area contributed by atoms with Gasteiger partial charge >= 0.3 is 0 Å². The molecule has 0 aliphatic heterocycles. The number of halogens is 2. The molecule has 0 bridgehead atoms. The van der Waals surface area contributed by atoms with E-state index in [9.17, 15) is 13.2 Å². The summed E-state index contributed by atoms with van der Waals surface area (Å²) in [7, 11) is -4.05. The Morgan fingerprint density at radius 2 is 1.68 bits per heavy atom. The molecule has 3 aromatic carbocycles. The van der Waals surface area contributed by atoms with Gasteiger partial charge in [0, 0.05) is 5.02 Å². The second kappa shape index (κ2) is 11.7. The lowest BCUT2D eigenvalue weighted by Crippen LogP contribution is -2.48. The van der Waals surface area contributed by atoms with Gasteiger partial charge in [-0.25, -0.2) is 8.42 Å². The van der Waals surface area contributed by atoms with Gasteiger partial charge in [0.2, 0.25) is 15.9 Å². The second-order valence-electron chi connectivity index (χ2n) is 7.67. The van der Waals surface area contributed by atoms with Crippen LogP contribution in [0.3, 0.4) is 0 Å². The normalized spacial score (nSPS) is 13.2. The summed E-state index contributed by atoms with van der Waals surface area (Å²) in [4.78, 5) is 13.1. The van der Waals surface area contributed by atoms with Gasteiger partial charge in [0.05, 0.1) is 22.6 Å². The number of benzene rings is 3. The first-order chi connectivity index (χ1) is 16.2. The molecule has 0 unspecified atom stereocenters. The van der Waals surface area contributed by atoms with E-state index in [1.807, 2.05) is 49.4 Å². The molecule has 0 saturated heterocycles. The first-order valence-electron chi connectivity index (χ1n) is 10.7. The predicted octanol–water partition coefficient (Wildman–Crippen LogP) is 5.16. The summed E-state index contributed by atoms with van der Waals surface area (Å²) in [5.74, 6) is -0.0644. The molecule has 9 heteroatoms. The molecular weight excluding hydrogens is 495 g/mol. The standard InChI is InChI=1S/C25H26Cl2N2O4S/c1-3-33-24-14-13-21(16-22(24)27)34(31,32)29-23(15-18-7-5-4-6-8-18)25(30)28-17(2)19-9-11-20(26)12-10-19/h4-14,16-17,23,29H,3,15H2,1-2H3,(H,28,30)/t17-,23-/m0/s1. The van der Waals surface area contributed by atoms with Crippen molar-refractivity contribution in [3.63, 3.8) is 0 Å². The highest BCUT2D eigenvalue weighted by Gasteiger charge is 2.27. The van der Waals surface area contributed by atoms with Crippen molar-refractivity contribution in [3.8, 4) is 5.75 Å². The van der Waals surface area contributed by atoms with Gasteiger partial charge in [0.1, 0.15) is 11.8 Å². The van der Waals surface area contributed by atoms with E-state index < -0.39 is 22.0 Å². The maximum atomic E-state index is 13.2. The molecule has 2 N–H and O–H groups in total. The third-order valence-electron chi connectivity index (χ3n) is 5.14. The Balaban J connectivity index is 1.84. The number of amides is 1. The zero-order valence-electron chi connectivity index (χ0n) is 18.8. The highest BCUT2D eigenvalue weighted by atomic mass is 35.5. The van der Waals surface area contributed by atoms with Gasteiger partial charge in [-0.05, 0) is 61.7 Å². The summed E-state index contributed by atoms with van der Waals surface area (Å²) in [6.07, 6.45) is 0.171. The molecule has 180 valence electrons. The Bertz CT molecular complexity index is 1220. The van der Waals surface area contributed by atoms with Crippen molar-refractivity contribution in [1.29, 1.82) is 0 Å². The van der Waals surface area contributed by atoms with Crippen LogP contribution in [0.25, 0.3) is 0 Å². The quantitative estimate of drug-likeness (QED) is 0.386. The van der Waals surface area contributed by atoms with Gasteiger partial charge in [0.15, 0.2) is 0 Å². The third kappa shape index (κ3) is 6.96. The molecule has 0 aromatic heterocycles. The van der Waals surface area contributed by atoms with Crippen molar-refractivity contribution in [2.24, 2.45) is 0 Å². The molecule has 0 radical (unpaired) electrons. The average Bonchev–Trinajstić information content (AvgIpc) is 2.81. The van der Waals surface area contributed by atoms with Crippen LogP contribution in [0, 0.1) is 0 Å². The van der Waals surface area contributed by atoms with E-state index in [-0.39, 0.29) is 22.4 Å². The summed E-state index contributed by atoms with van der Waals surface area (Å²) in [5.41, 5.74) is 1.66. The number of ether oxygens (including phenoxy) is 1. The summed E-state index contributed by atoms with van der Waals surface area (Å²) < 4.78 is 34.2. The van der Waals surface area contributed by atoms with E-state index in [1.54, 1.807) is 19.1 Å². The number of carbonyl (C=O) groups is 1. The van der Waals surface area contributed by atoms with Crippen molar-refractivity contribution in [1.82, 2.24) is 10.0 Å². The minimum atomic E-state index is -4.05. The zero-order chi connectivity index (χ0) is 24.7. The number of nitrogens with one attached hydrogen (secondary N) is 2. The van der Waals surface area contributed by atoms with Gasteiger partial charge in [-0.1, -0.05) is 65.7 Å². The number of hydrogen-bond donors (Lipinski definition) is 2. The minimum absolute atomic E-state index is 0.0578. The molecular formula is C25H26Cl2N2O4S. The Hall–Kier alpha value is -2.58. The van der Waals surface area contributed by atoms with Gasteiger partial charge in [-0.2, -0.15) is 4.72 Å². The molecule has 0 aliphatic carbocycles. The van der Waals surface area contributed by atoms with Crippen LogP contribution < -0.4 is 14.8 Å². The number of carbonyl (C=O) groups excluding carboxylic acids is 1. The van der Waals surface area contributed by atoms with Gasteiger partial charge in [-0.15, -0.1) is 0 Å². The largest absolute Gasteiger partial charge is 0.492 e. The molecule has 1 amide bonds. The summed E-state index contributed by atoms with van der Waals surface area (Å²) in [6.45, 7) is 4.02. The van der Waals surface area contributed by atoms with Crippen molar-refractivity contribution in [2.45, 2.75) is 37.2 Å². The maximum absolute atomic E-state index is 13.2. The molecule has 3 aromatic rings. The molecule has 0 spiro atoms. The summed E-state index contributed by atoms with van der Waals surface area (Å²) in [5, 5.41) is 3.65. The lowest BCUT2D eigenvalue weighted by Gasteiger charge is -2.22. The van der Waals surface area contributed by atoms with Crippen LogP contribution in [0.1, 0.15) is 31.0 Å². The fraction of sp³-hybridized carbons (Fsp3) is 0.240. The summed E-state index contributed by atoms with van der Waals surface area (Å²) >= 11 is 12.1. The number of sulfonamides is 1. The van der Waals surface area contributed by atoms with Crippen molar-refractivity contribution < 1.29 is 17.9 Å². The first kappa shape index (κ1) is 26.0. The fourth-order valence-corrected chi connectivity index (χ4v) is 5.01. The van der Waals surface area contributed by atoms with Crippen molar-refractivity contribution >= 4 is 39.1 Å². The second-order valence-corrected chi connectivity index (χ2v) is 10.2. The Morgan fingerprint density at radius 3 is 2.29 bits per heavy atom. The van der Waals surface area contributed by atoms with E-state index in [2.05, 4.69) is 10.0 Å². The van der Waals surface area contributed by atoms with Crippen molar-refractivity contribution in [3.05, 3.63) is 94.0 Å². The van der Waals surface area contributed by atoms with Crippen LogP contribution in [0.2, 0.25) is 10.0 Å². The SMILES string of the molecule is CCOc1ccc(S(=O)(=O)N[C@@H](Cc2ccccc2)C(=O)N[C@@H](C)c2ccc(Cl)cc2)cc1Cl. The maximum Gasteiger partial charge on any atom is 0.241 e. The van der Waals surface area contributed by atoms with Crippen LogP contribution in [0.15, 0.2) is 77.7 Å². The third-order valence-corrected chi connectivity index (χ3v) is 7.16. The predicted molar refractivity (Wildman–Crippen MR) is 135 cm³/mol. The van der Waals surface area contributed by atoms with E-state index in [0.29, 0.717) is 17.4 Å². The van der Waals surface area contributed by atoms with Gasteiger partial charge in [-0.3, -0.25) is 4.79 Å². The van der Waals surface area contributed by atoms with Gasteiger partial charge < -0.3 is 10.1 Å². The van der Waals surface area contributed by atoms with Crippen molar-refractivity contribution in [2.75, 3.05) is 6.61 Å². The average molecular weight is 521 g/mol. The lowest BCUT2D eigenvalue weighted by molar-refractivity contribution is -0.123. The van der Waals surface area contributed by atoms with Crippen LogP contribution in [-0.2, 0) is 21.2 Å². The zero-order valence-corrected chi connectivity index (χ0v) is 21.1. The smallest absolute Gasteiger partial charge is 0.241 e. The molecule has 3 rings (SSSR count). The van der Waals surface area contributed by atoms with E-state index in [1.165, 1.54) is 18.2 Å². The van der Waals surface area contributed by atoms with Crippen LogP contribution in [-0.4, -0.2) is 27.0 Å². The molecule has 0 saturated carbocycles. The first-order valence-corrected chi connectivity index (χ1v) is 13.0. The topological polar surface area (TPSA) is 84.5 Å². The Labute approximate surface area is 210 Å². The minimum Gasteiger partial charge on any atom is -0.492 e. The molecule has 0 aliphatic rings. The number of hydrogen-bond acceptors (Lipinski definition) is 4. The van der Waals surface area contributed by atoms with Crippen LogP contribution in [0.4, 0.5) is 0 Å². The lowest BCUT2D eigenvalue weighted by atomic mass is 10.0.